The van der Waals surface area contributed by atoms with Gasteiger partial charge in [0.05, 0.1) is 18.8 Å². The third kappa shape index (κ3) is 9.72. The number of rotatable bonds is 15. The predicted molar refractivity (Wildman–Crippen MR) is 106 cm³/mol. The van der Waals surface area contributed by atoms with Crippen LogP contribution in [0.2, 0.25) is 0 Å². The topological polar surface area (TPSA) is 71.5 Å². The van der Waals surface area contributed by atoms with Crippen molar-refractivity contribution < 1.29 is 24.1 Å². The lowest BCUT2D eigenvalue weighted by Crippen LogP contribution is -2.42. The van der Waals surface area contributed by atoms with Gasteiger partial charge in [0.2, 0.25) is 0 Å². The van der Waals surface area contributed by atoms with E-state index in [0.717, 1.165) is 32.7 Å². The van der Waals surface area contributed by atoms with Crippen LogP contribution in [0.25, 0.3) is 0 Å². The number of methoxy groups -OCH3 is 2. The highest BCUT2D eigenvalue weighted by Gasteiger charge is 2.12. The molecule has 0 saturated heterocycles. The molecule has 1 rings (SSSR count). The van der Waals surface area contributed by atoms with Crippen LogP contribution in [-0.2, 0) is 9.47 Å². The lowest BCUT2D eigenvalue weighted by molar-refractivity contribution is 0.0696. The van der Waals surface area contributed by atoms with Crippen molar-refractivity contribution in [2.45, 2.75) is 19.9 Å². The van der Waals surface area contributed by atoms with E-state index in [2.05, 4.69) is 23.6 Å². The van der Waals surface area contributed by atoms with Gasteiger partial charge < -0.3 is 19.3 Å². The minimum absolute atomic E-state index is 0.262. The van der Waals surface area contributed by atoms with E-state index in [9.17, 15) is 4.79 Å². The Balaban J connectivity index is 2.44. The van der Waals surface area contributed by atoms with Crippen molar-refractivity contribution in [3.05, 3.63) is 29.8 Å². The number of hydrogen-bond acceptors (Lipinski definition) is 6. The van der Waals surface area contributed by atoms with Gasteiger partial charge in [-0.05, 0) is 38.1 Å². The third-order valence-corrected chi connectivity index (χ3v) is 4.41. The smallest absolute Gasteiger partial charge is 0.335 e. The van der Waals surface area contributed by atoms with Crippen molar-refractivity contribution in [3.8, 4) is 5.75 Å². The van der Waals surface area contributed by atoms with Crippen molar-refractivity contribution in [2.75, 3.05) is 66.8 Å². The second-order valence-corrected chi connectivity index (χ2v) is 6.63. The second kappa shape index (κ2) is 13.5. The van der Waals surface area contributed by atoms with E-state index in [1.165, 1.54) is 0 Å². The van der Waals surface area contributed by atoms with E-state index in [-0.39, 0.29) is 5.56 Å². The Labute approximate surface area is 162 Å². The number of ether oxygens (including phenoxy) is 3. The molecule has 0 amide bonds. The van der Waals surface area contributed by atoms with Gasteiger partial charge in [0.15, 0.2) is 0 Å². The van der Waals surface area contributed by atoms with Crippen molar-refractivity contribution in [2.24, 2.45) is 0 Å². The summed E-state index contributed by atoms with van der Waals surface area (Å²) in [5.74, 6) is -0.246. The second-order valence-electron chi connectivity index (χ2n) is 6.63. The molecule has 0 saturated carbocycles. The molecule has 1 aromatic carbocycles. The average Bonchev–Trinajstić information content (AvgIpc) is 2.65. The lowest BCUT2D eigenvalue weighted by Gasteiger charge is -2.30. The van der Waals surface area contributed by atoms with Crippen LogP contribution in [0, 0.1) is 0 Å². The first kappa shape index (κ1) is 23.4. The van der Waals surface area contributed by atoms with Gasteiger partial charge >= 0.3 is 5.97 Å². The molecule has 0 atom stereocenters. The Bertz CT molecular complexity index is 514. The first-order valence-corrected chi connectivity index (χ1v) is 9.38. The Morgan fingerprint density at radius 3 is 2.00 bits per heavy atom. The summed E-state index contributed by atoms with van der Waals surface area (Å²) >= 11 is 0. The quantitative estimate of drug-likeness (QED) is 0.498. The molecule has 0 aliphatic heterocycles. The maximum absolute atomic E-state index is 10.9. The summed E-state index contributed by atoms with van der Waals surface area (Å²) in [7, 11) is 3.44. The SMILES string of the molecule is COCCN(CCOC)CCN(CCOc1ccc(C(=O)O)cc1)C(C)C. The van der Waals surface area contributed by atoms with Crippen LogP contribution in [0.5, 0.6) is 5.75 Å². The maximum Gasteiger partial charge on any atom is 0.335 e. The summed E-state index contributed by atoms with van der Waals surface area (Å²) in [4.78, 5) is 15.6. The first-order chi connectivity index (χ1) is 13.0. The van der Waals surface area contributed by atoms with Crippen LogP contribution >= 0.6 is 0 Å². The first-order valence-electron chi connectivity index (χ1n) is 9.38. The fourth-order valence-electron chi connectivity index (χ4n) is 2.65. The summed E-state index contributed by atoms with van der Waals surface area (Å²) in [5, 5.41) is 8.93. The molecular weight excluding hydrogens is 348 g/mol. The van der Waals surface area contributed by atoms with Gasteiger partial charge in [-0.3, -0.25) is 9.80 Å². The highest BCUT2D eigenvalue weighted by Crippen LogP contribution is 2.12. The summed E-state index contributed by atoms with van der Waals surface area (Å²) < 4.78 is 16.2. The third-order valence-electron chi connectivity index (χ3n) is 4.41. The molecule has 0 unspecified atom stereocenters. The standard InChI is InChI=1S/C20H34N2O5/c1-17(2)22(10-9-21(11-14-25-3)12-15-26-4)13-16-27-19-7-5-18(6-8-19)20(23)24/h5-8,17H,9-16H2,1-4H3,(H,23,24). The Morgan fingerprint density at radius 1 is 0.926 bits per heavy atom. The molecule has 1 N–H and O–H groups in total. The normalized spacial score (nSPS) is 11.5. The van der Waals surface area contributed by atoms with E-state index in [1.54, 1.807) is 38.5 Å². The highest BCUT2D eigenvalue weighted by atomic mass is 16.5. The lowest BCUT2D eigenvalue weighted by atomic mass is 10.2. The molecule has 7 heteroatoms. The zero-order valence-corrected chi connectivity index (χ0v) is 17.0. The molecule has 0 bridgehead atoms. The Morgan fingerprint density at radius 2 is 1.52 bits per heavy atom. The number of carbonyl (C=O) groups is 1. The number of carboxylic acids is 1. The van der Waals surface area contributed by atoms with Gasteiger partial charge in [-0.15, -0.1) is 0 Å². The van der Waals surface area contributed by atoms with Gasteiger partial charge in [0.1, 0.15) is 12.4 Å². The monoisotopic (exact) mass is 382 g/mol. The molecule has 0 heterocycles. The zero-order valence-electron chi connectivity index (χ0n) is 17.0. The van der Waals surface area contributed by atoms with Gasteiger partial charge in [0.25, 0.3) is 0 Å². The molecule has 0 aliphatic rings. The Kier molecular flexibility index (Phi) is 11.7. The summed E-state index contributed by atoms with van der Waals surface area (Å²) in [6, 6.07) is 6.92. The largest absolute Gasteiger partial charge is 0.492 e. The average molecular weight is 383 g/mol. The summed E-state index contributed by atoms with van der Waals surface area (Å²) in [6.45, 7) is 10.8. The molecule has 154 valence electrons. The van der Waals surface area contributed by atoms with Gasteiger partial charge in [0, 0.05) is 53.0 Å². The predicted octanol–water partition coefficient (Wildman–Crippen LogP) is 2.07. The fraction of sp³-hybridized carbons (Fsp3) is 0.650. The minimum Gasteiger partial charge on any atom is -0.492 e. The van der Waals surface area contributed by atoms with Crippen LogP contribution in [0.1, 0.15) is 24.2 Å². The van der Waals surface area contributed by atoms with Crippen LogP contribution < -0.4 is 4.74 Å². The Hall–Kier alpha value is -1.67. The van der Waals surface area contributed by atoms with Crippen molar-refractivity contribution in [1.82, 2.24) is 9.80 Å². The van der Waals surface area contributed by atoms with Crippen LogP contribution in [0.4, 0.5) is 0 Å². The molecule has 0 aliphatic carbocycles. The summed E-state index contributed by atoms with van der Waals surface area (Å²) in [5.41, 5.74) is 0.262. The van der Waals surface area contributed by atoms with Crippen molar-refractivity contribution >= 4 is 5.97 Å². The molecule has 7 nitrogen and oxygen atoms in total. The number of nitrogens with zero attached hydrogens (tertiary/aromatic N) is 2. The highest BCUT2D eigenvalue weighted by molar-refractivity contribution is 5.87. The fourth-order valence-corrected chi connectivity index (χ4v) is 2.65. The van der Waals surface area contributed by atoms with Crippen molar-refractivity contribution in [3.63, 3.8) is 0 Å². The van der Waals surface area contributed by atoms with Crippen LogP contribution in [0.15, 0.2) is 24.3 Å². The molecule has 0 aromatic heterocycles. The minimum atomic E-state index is -0.931. The van der Waals surface area contributed by atoms with Crippen molar-refractivity contribution in [1.29, 1.82) is 0 Å². The van der Waals surface area contributed by atoms with E-state index in [1.807, 2.05) is 0 Å². The zero-order chi connectivity index (χ0) is 20.1. The van der Waals surface area contributed by atoms with Crippen LogP contribution in [-0.4, -0.2) is 93.7 Å². The molecule has 0 radical (unpaired) electrons. The van der Waals surface area contributed by atoms with Gasteiger partial charge in [-0.25, -0.2) is 4.79 Å². The molecule has 1 aromatic rings. The maximum atomic E-state index is 10.9. The number of carboxylic acid groups (broad SMARTS) is 1. The molecule has 0 spiro atoms. The van der Waals surface area contributed by atoms with E-state index in [0.29, 0.717) is 31.6 Å². The molecule has 27 heavy (non-hydrogen) atoms. The van der Waals surface area contributed by atoms with E-state index >= 15 is 0 Å². The van der Waals surface area contributed by atoms with E-state index in [4.69, 9.17) is 19.3 Å². The molecular formula is C20H34N2O5. The number of benzene rings is 1. The summed E-state index contributed by atoms with van der Waals surface area (Å²) in [6.07, 6.45) is 0. The molecule has 0 fully saturated rings. The van der Waals surface area contributed by atoms with Crippen LogP contribution in [0.3, 0.4) is 0 Å². The van der Waals surface area contributed by atoms with E-state index < -0.39 is 5.97 Å². The number of aromatic carboxylic acids is 1. The number of hydrogen-bond donors (Lipinski definition) is 1. The van der Waals surface area contributed by atoms with Gasteiger partial charge in [-0.2, -0.15) is 0 Å². The van der Waals surface area contributed by atoms with Gasteiger partial charge in [-0.1, -0.05) is 0 Å².